The molecule has 0 amide bonds. The molecule has 0 aromatic carbocycles. The molecule has 0 aromatic heterocycles. The van der Waals surface area contributed by atoms with Gasteiger partial charge >= 0.3 is 0 Å². The predicted octanol–water partition coefficient (Wildman–Crippen LogP) is 2.29. The van der Waals surface area contributed by atoms with Crippen molar-refractivity contribution in [1.29, 1.82) is 0 Å². The Hall–Kier alpha value is -0.890. The molecule has 0 heterocycles. The van der Waals surface area contributed by atoms with Crippen molar-refractivity contribution in [2.75, 3.05) is 13.2 Å². The summed E-state index contributed by atoms with van der Waals surface area (Å²) in [6, 6.07) is 0. The van der Waals surface area contributed by atoms with Gasteiger partial charge in [0.1, 0.15) is 6.10 Å². The van der Waals surface area contributed by atoms with Crippen molar-refractivity contribution in [2.24, 2.45) is 0 Å². The molecular weight excluding hydrogens is 244 g/mol. The van der Waals surface area contributed by atoms with Crippen molar-refractivity contribution < 1.29 is 19.4 Å². The van der Waals surface area contributed by atoms with Crippen molar-refractivity contribution in [1.82, 2.24) is 0 Å². The average molecular weight is 270 g/mol. The highest BCUT2D eigenvalue weighted by Gasteiger charge is 2.35. The van der Waals surface area contributed by atoms with Crippen LogP contribution in [0.2, 0.25) is 0 Å². The normalized spacial score (nSPS) is 12.7. The molecule has 0 aliphatic carbocycles. The number of unbranched alkanes of at least 4 members (excludes halogenated alkanes) is 2. The maximum absolute atomic E-state index is 11.6. The smallest absolute Gasteiger partial charge is 0.208 e. The SMILES string of the molecule is CCCCC#CC(=O)C[C@@H](O)C(C)(OCC)OCC. The Morgan fingerprint density at radius 3 is 2.32 bits per heavy atom. The maximum atomic E-state index is 11.6. The summed E-state index contributed by atoms with van der Waals surface area (Å²) in [5, 5.41) is 10.1. The largest absolute Gasteiger partial charge is 0.387 e. The topological polar surface area (TPSA) is 55.8 Å². The zero-order chi connectivity index (χ0) is 14.7. The standard InChI is InChI=1S/C15H26O4/c1-5-8-9-10-11-13(16)12-14(17)15(4,18-6-2)19-7-3/h14,17H,5-9,12H2,1-4H3/t14-/m1/s1. The van der Waals surface area contributed by atoms with E-state index in [4.69, 9.17) is 9.47 Å². The average Bonchev–Trinajstić information content (AvgIpc) is 2.35. The molecule has 0 saturated heterocycles. The summed E-state index contributed by atoms with van der Waals surface area (Å²) >= 11 is 0. The van der Waals surface area contributed by atoms with E-state index < -0.39 is 11.9 Å². The van der Waals surface area contributed by atoms with Gasteiger partial charge in [0.25, 0.3) is 0 Å². The molecule has 0 aromatic rings. The molecule has 19 heavy (non-hydrogen) atoms. The molecule has 0 spiro atoms. The van der Waals surface area contributed by atoms with Crippen LogP contribution in [-0.4, -0.2) is 36.0 Å². The Kier molecular flexibility index (Phi) is 9.50. The molecule has 4 heteroatoms. The fourth-order valence-electron chi connectivity index (χ4n) is 1.65. The first kappa shape index (κ1) is 18.1. The lowest BCUT2D eigenvalue weighted by Gasteiger charge is -2.33. The van der Waals surface area contributed by atoms with Crippen LogP contribution in [0.4, 0.5) is 0 Å². The number of hydrogen-bond donors (Lipinski definition) is 1. The van der Waals surface area contributed by atoms with Gasteiger partial charge < -0.3 is 14.6 Å². The summed E-state index contributed by atoms with van der Waals surface area (Å²) < 4.78 is 10.8. The quantitative estimate of drug-likeness (QED) is 0.302. The lowest BCUT2D eigenvalue weighted by Crippen LogP contribution is -2.45. The van der Waals surface area contributed by atoms with Crippen molar-refractivity contribution >= 4 is 5.78 Å². The van der Waals surface area contributed by atoms with Gasteiger partial charge in [-0.1, -0.05) is 19.3 Å². The van der Waals surface area contributed by atoms with E-state index in [1.807, 2.05) is 13.8 Å². The van der Waals surface area contributed by atoms with E-state index in [9.17, 15) is 9.90 Å². The fraction of sp³-hybridized carbons (Fsp3) is 0.800. The van der Waals surface area contributed by atoms with Crippen molar-refractivity contribution in [3.63, 3.8) is 0 Å². The fourth-order valence-corrected chi connectivity index (χ4v) is 1.65. The molecule has 0 saturated carbocycles. The van der Waals surface area contributed by atoms with Crippen LogP contribution in [-0.2, 0) is 14.3 Å². The van der Waals surface area contributed by atoms with E-state index >= 15 is 0 Å². The van der Waals surface area contributed by atoms with Crippen LogP contribution >= 0.6 is 0 Å². The highest BCUT2D eigenvalue weighted by molar-refractivity contribution is 5.95. The Morgan fingerprint density at radius 2 is 1.84 bits per heavy atom. The van der Waals surface area contributed by atoms with Gasteiger partial charge in [-0.05, 0) is 33.1 Å². The number of aliphatic hydroxyl groups is 1. The zero-order valence-corrected chi connectivity index (χ0v) is 12.5. The van der Waals surface area contributed by atoms with Crippen LogP contribution in [0.5, 0.6) is 0 Å². The minimum Gasteiger partial charge on any atom is -0.387 e. The van der Waals surface area contributed by atoms with E-state index in [0.29, 0.717) is 19.6 Å². The van der Waals surface area contributed by atoms with Gasteiger partial charge in [0, 0.05) is 19.6 Å². The molecule has 110 valence electrons. The second-order valence-corrected chi connectivity index (χ2v) is 4.43. The molecule has 0 rings (SSSR count). The number of rotatable bonds is 9. The van der Waals surface area contributed by atoms with Crippen molar-refractivity contribution in [3.05, 3.63) is 0 Å². The van der Waals surface area contributed by atoms with Crippen LogP contribution in [0, 0.1) is 11.8 Å². The predicted molar refractivity (Wildman–Crippen MR) is 74.6 cm³/mol. The van der Waals surface area contributed by atoms with Gasteiger partial charge in [-0.3, -0.25) is 4.79 Å². The van der Waals surface area contributed by atoms with Crippen molar-refractivity contribution in [2.45, 2.75) is 65.3 Å². The summed E-state index contributed by atoms with van der Waals surface area (Å²) in [7, 11) is 0. The number of ketones is 1. The molecule has 4 nitrogen and oxygen atoms in total. The van der Waals surface area contributed by atoms with Crippen LogP contribution in [0.25, 0.3) is 0 Å². The summed E-state index contributed by atoms with van der Waals surface area (Å²) in [6.45, 7) is 8.16. The Labute approximate surface area is 116 Å². The third kappa shape index (κ3) is 7.31. The molecular formula is C15H26O4. The van der Waals surface area contributed by atoms with E-state index in [1.165, 1.54) is 0 Å². The molecule has 0 aliphatic heterocycles. The molecule has 0 radical (unpaired) electrons. The van der Waals surface area contributed by atoms with Gasteiger partial charge in [-0.15, -0.1) is 0 Å². The number of carbonyl (C=O) groups excluding carboxylic acids is 1. The second kappa shape index (κ2) is 9.96. The summed E-state index contributed by atoms with van der Waals surface area (Å²) in [4.78, 5) is 11.6. The third-order valence-electron chi connectivity index (χ3n) is 2.73. The van der Waals surface area contributed by atoms with Crippen LogP contribution in [0.3, 0.4) is 0 Å². The van der Waals surface area contributed by atoms with Gasteiger partial charge in [0.05, 0.1) is 6.42 Å². The lowest BCUT2D eigenvalue weighted by atomic mass is 10.1. The molecule has 0 bridgehead atoms. The minimum atomic E-state index is -1.15. The second-order valence-electron chi connectivity index (χ2n) is 4.43. The van der Waals surface area contributed by atoms with Gasteiger partial charge in [-0.2, -0.15) is 0 Å². The number of hydrogen-bond acceptors (Lipinski definition) is 4. The first-order chi connectivity index (χ1) is 9.00. The number of Topliss-reactive ketones (excluding diaryl/α,β-unsaturated/α-hetero) is 1. The molecule has 1 atom stereocenters. The Bertz CT molecular complexity index is 308. The molecule has 0 aliphatic rings. The summed E-state index contributed by atoms with van der Waals surface area (Å²) in [5.74, 6) is 3.93. The van der Waals surface area contributed by atoms with E-state index in [2.05, 4.69) is 18.8 Å². The summed E-state index contributed by atoms with van der Waals surface area (Å²) in [6.07, 6.45) is 1.67. The van der Waals surface area contributed by atoms with Gasteiger partial charge in [-0.25, -0.2) is 0 Å². The number of carbonyl (C=O) groups is 1. The van der Waals surface area contributed by atoms with E-state index in [-0.39, 0.29) is 12.2 Å². The highest BCUT2D eigenvalue weighted by Crippen LogP contribution is 2.20. The minimum absolute atomic E-state index is 0.0738. The van der Waals surface area contributed by atoms with Gasteiger partial charge in [0.15, 0.2) is 5.79 Å². The van der Waals surface area contributed by atoms with Gasteiger partial charge in [0.2, 0.25) is 5.78 Å². The van der Waals surface area contributed by atoms with E-state index in [0.717, 1.165) is 12.8 Å². The van der Waals surface area contributed by atoms with Crippen molar-refractivity contribution in [3.8, 4) is 11.8 Å². The highest BCUT2D eigenvalue weighted by atomic mass is 16.7. The molecule has 0 fully saturated rings. The number of ether oxygens (including phenoxy) is 2. The van der Waals surface area contributed by atoms with Crippen LogP contribution in [0.1, 0.15) is 53.4 Å². The maximum Gasteiger partial charge on any atom is 0.208 e. The first-order valence-corrected chi connectivity index (χ1v) is 6.97. The monoisotopic (exact) mass is 270 g/mol. The Balaban J connectivity index is 4.41. The summed E-state index contributed by atoms with van der Waals surface area (Å²) in [5.41, 5.74) is 0. The lowest BCUT2D eigenvalue weighted by molar-refractivity contribution is -0.268. The Morgan fingerprint density at radius 1 is 1.26 bits per heavy atom. The number of aliphatic hydroxyl groups excluding tert-OH is 1. The zero-order valence-electron chi connectivity index (χ0n) is 12.5. The molecule has 1 N–H and O–H groups in total. The van der Waals surface area contributed by atoms with Crippen LogP contribution in [0.15, 0.2) is 0 Å². The third-order valence-corrected chi connectivity index (χ3v) is 2.73. The first-order valence-electron chi connectivity index (χ1n) is 6.97. The van der Waals surface area contributed by atoms with Crippen LogP contribution < -0.4 is 0 Å². The van der Waals surface area contributed by atoms with E-state index in [1.54, 1.807) is 6.92 Å². The molecule has 0 unspecified atom stereocenters.